The molecule has 1 fully saturated rings. The largest absolute Gasteiger partial charge is 0.464 e. The monoisotopic (exact) mass is 1340 g/mol. The van der Waals surface area contributed by atoms with Crippen LogP contribution in [0.2, 0.25) is 0 Å². The van der Waals surface area contributed by atoms with Crippen LogP contribution in [0.3, 0.4) is 0 Å². The van der Waals surface area contributed by atoms with Gasteiger partial charge in [0, 0.05) is 76.8 Å². The first-order chi connectivity index (χ1) is 45.2. The molecule has 1 rings (SSSR count). The van der Waals surface area contributed by atoms with E-state index in [0.717, 1.165) is 97.1 Å². The van der Waals surface area contributed by atoms with Crippen LogP contribution in [-0.4, -0.2) is 167 Å². The van der Waals surface area contributed by atoms with Crippen molar-refractivity contribution in [1.82, 2.24) is 19.6 Å². The fraction of sp³-hybridized carbons (Fsp3) is 0.938. The van der Waals surface area contributed by atoms with Gasteiger partial charge in [0.25, 0.3) is 0 Å². The van der Waals surface area contributed by atoms with Crippen molar-refractivity contribution in [3.8, 4) is 0 Å². The number of hydrogen-bond donors (Lipinski definition) is 4. The molecule has 4 N–H and O–H groups in total. The van der Waals surface area contributed by atoms with Gasteiger partial charge in [0.15, 0.2) is 0 Å². The Morgan fingerprint density at radius 3 is 0.989 bits per heavy atom. The number of allylic oxidation sites excluding steroid dienone is 4. The lowest BCUT2D eigenvalue weighted by atomic mass is 10.0. The van der Waals surface area contributed by atoms with Gasteiger partial charge in [0.2, 0.25) is 0 Å². The maximum atomic E-state index is 12.9. The first-order valence-corrected chi connectivity index (χ1v) is 43.0. The van der Waals surface area contributed by atoms with Gasteiger partial charge in [-0.05, 0) is 129 Å². The number of carbonyl (C=O) groups is 1. The molecule has 0 aliphatic carbocycles. The Kier molecular flexibility index (Phi) is 69.5. The molecule has 1 saturated heterocycles. The highest BCUT2D eigenvalue weighted by Gasteiger charge is 2.20. The van der Waals surface area contributed by atoms with Crippen LogP contribution in [0.25, 0.3) is 0 Å². The standard InChI is InChI=1S/C80H158N4O6S2/c1-5-9-13-17-21-25-27-29-31-33-35-39-43-49-56-76(85)72-83(73-77(86)57-50-44-40-36-34-32-30-28-26-22-18-14-10-6-2)62-52-46-54-71-92-91-70-53-45-51-61-81-64-66-82(67-65-81)68-69-90-80(89)60-55-63-84(74-78(87)58-47-41-37-23-19-15-11-7-3)75-79(88)59-48-42-38-24-20-16-12-8-4/h29-32,76-79,85-88H,5-28,33-75H2,1-4H3/b31-29-,32-30-. The molecule has 1 aliphatic rings. The Morgan fingerprint density at radius 2 is 0.641 bits per heavy atom. The Bertz CT molecular complexity index is 1470. The number of rotatable bonds is 74. The first kappa shape index (κ1) is 89.3. The van der Waals surface area contributed by atoms with Crippen LogP contribution in [-0.2, 0) is 9.53 Å². The van der Waals surface area contributed by atoms with Crippen LogP contribution in [0.4, 0.5) is 0 Å². The van der Waals surface area contributed by atoms with Gasteiger partial charge in [-0.2, -0.15) is 0 Å². The van der Waals surface area contributed by atoms with E-state index in [9.17, 15) is 25.2 Å². The molecule has 4 unspecified atom stereocenters. The molecule has 1 aliphatic heterocycles. The molecule has 0 bridgehead atoms. The number of ether oxygens (including phenoxy) is 1. The molecule has 0 aromatic heterocycles. The maximum Gasteiger partial charge on any atom is 0.305 e. The minimum atomic E-state index is -0.400. The van der Waals surface area contributed by atoms with E-state index in [4.69, 9.17) is 4.74 Å². The quantitative estimate of drug-likeness (QED) is 0.0201. The van der Waals surface area contributed by atoms with Gasteiger partial charge in [-0.25, -0.2) is 0 Å². The van der Waals surface area contributed by atoms with Crippen LogP contribution in [0.15, 0.2) is 24.3 Å². The molecule has 0 amide bonds. The van der Waals surface area contributed by atoms with Gasteiger partial charge in [-0.3, -0.25) is 19.5 Å². The van der Waals surface area contributed by atoms with Crippen molar-refractivity contribution in [1.29, 1.82) is 0 Å². The lowest BCUT2D eigenvalue weighted by molar-refractivity contribution is -0.144. The summed E-state index contributed by atoms with van der Waals surface area (Å²) in [5, 5.41) is 44.4. The zero-order valence-corrected chi connectivity index (χ0v) is 63.3. The van der Waals surface area contributed by atoms with Crippen LogP contribution in [0, 0.1) is 0 Å². The van der Waals surface area contributed by atoms with Crippen molar-refractivity contribution < 1.29 is 30.0 Å². The maximum absolute atomic E-state index is 12.9. The zero-order valence-electron chi connectivity index (χ0n) is 61.7. The predicted octanol–water partition coefficient (Wildman–Crippen LogP) is 21.1. The van der Waals surface area contributed by atoms with Gasteiger partial charge in [-0.15, -0.1) is 0 Å². The average Bonchev–Trinajstić information content (AvgIpc) is 3.42. The van der Waals surface area contributed by atoms with Gasteiger partial charge in [0.05, 0.1) is 24.4 Å². The molecular weight excluding hydrogens is 1180 g/mol. The predicted molar refractivity (Wildman–Crippen MR) is 407 cm³/mol. The Morgan fingerprint density at radius 1 is 0.359 bits per heavy atom. The molecule has 92 heavy (non-hydrogen) atoms. The number of aliphatic hydroxyl groups is 4. The molecule has 10 nitrogen and oxygen atoms in total. The summed E-state index contributed by atoms with van der Waals surface area (Å²) in [5.41, 5.74) is 0. The Balaban J connectivity index is 2.31. The highest BCUT2D eigenvalue weighted by Crippen LogP contribution is 2.25. The summed E-state index contributed by atoms with van der Waals surface area (Å²) in [6, 6.07) is 0. The second kappa shape index (κ2) is 71.6. The van der Waals surface area contributed by atoms with Crippen LogP contribution >= 0.6 is 21.6 Å². The molecule has 0 radical (unpaired) electrons. The van der Waals surface area contributed by atoms with Crippen LogP contribution < -0.4 is 0 Å². The number of hydrogen-bond acceptors (Lipinski definition) is 12. The molecule has 546 valence electrons. The van der Waals surface area contributed by atoms with E-state index >= 15 is 0 Å². The topological polar surface area (TPSA) is 120 Å². The lowest BCUT2D eigenvalue weighted by Gasteiger charge is -2.34. The second-order valence-corrected chi connectivity index (χ2v) is 31.2. The van der Waals surface area contributed by atoms with E-state index in [-0.39, 0.29) is 18.2 Å². The van der Waals surface area contributed by atoms with Gasteiger partial charge in [-0.1, -0.05) is 292 Å². The lowest BCUT2D eigenvalue weighted by Crippen LogP contribution is -2.47. The van der Waals surface area contributed by atoms with E-state index in [2.05, 4.69) is 71.6 Å². The normalized spacial score (nSPS) is 14.9. The summed E-state index contributed by atoms with van der Waals surface area (Å²) in [7, 11) is 4.09. The number of piperazine rings is 1. The number of esters is 1. The highest BCUT2D eigenvalue weighted by molar-refractivity contribution is 8.76. The second-order valence-electron chi connectivity index (χ2n) is 28.5. The van der Waals surface area contributed by atoms with Crippen LogP contribution in [0.5, 0.6) is 0 Å². The van der Waals surface area contributed by atoms with E-state index in [1.165, 1.54) is 281 Å². The fourth-order valence-corrected chi connectivity index (χ4v) is 15.4. The van der Waals surface area contributed by atoms with E-state index in [1.54, 1.807) is 0 Å². The number of carbonyl (C=O) groups excluding carboxylic acids is 1. The summed E-state index contributed by atoms with van der Waals surface area (Å²) in [6.45, 7) is 19.9. The van der Waals surface area contributed by atoms with E-state index < -0.39 is 12.2 Å². The number of aliphatic hydroxyl groups excluding tert-OH is 4. The molecule has 0 spiro atoms. The molecule has 0 aromatic carbocycles. The van der Waals surface area contributed by atoms with Crippen molar-refractivity contribution >= 4 is 27.6 Å². The van der Waals surface area contributed by atoms with Crippen molar-refractivity contribution in [2.45, 2.75) is 386 Å². The fourth-order valence-electron chi connectivity index (χ4n) is 13.2. The smallest absolute Gasteiger partial charge is 0.305 e. The Labute approximate surface area is 580 Å². The minimum Gasteiger partial charge on any atom is -0.464 e. The van der Waals surface area contributed by atoms with Gasteiger partial charge < -0.3 is 30.1 Å². The molecule has 12 heteroatoms. The van der Waals surface area contributed by atoms with Crippen molar-refractivity contribution in [2.24, 2.45) is 0 Å². The third-order valence-electron chi connectivity index (χ3n) is 19.2. The minimum absolute atomic E-state index is 0.135. The average molecular weight is 1340 g/mol. The first-order valence-electron chi connectivity index (χ1n) is 40.5. The van der Waals surface area contributed by atoms with Crippen molar-refractivity contribution in [3.63, 3.8) is 0 Å². The van der Waals surface area contributed by atoms with Gasteiger partial charge in [0.1, 0.15) is 6.61 Å². The zero-order chi connectivity index (χ0) is 66.5. The third kappa shape index (κ3) is 64.0. The van der Waals surface area contributed by atoms with E-state index in [1.807, 2.05) is 21.6 Å². The third-order valence-corrected chi connectivity index (χ3v) is 21.8. The molecule has 0 saturated carbocycles. The summed E-state index contributed by atoms with van der Waals surface area (Å²) in [6.07, 6.45) is 70.8. The van der Waals surface area contributed by atoms with E-state index in [0.29, 0.717) is 52.2 Å². The number of unbranched alkanes of at least 4 members (excludes halogenated alkanes) is 38. The summed E-state index contributed by atoms with van der Waals surface area (Å²) >= 11 is 0. The molecular formula is C80H158N4O6S2. The van der Waals surface area contributed by atoms with Crippen LogP contribution in [0.1, 0.15) is 362 Å². The van der Waals surface area contributed by atoms with Crippen molar-refractivity contribution in [2.75, 3.05) is 96.6 Å². The van der Waals surface area contributed by atoms with Gasteiger partial charge >= 0.3 is 5.97 Å². The summed E-state index contributed by atoms with van der Waals surface area (Å²) in [5.74, 6) is 2.28. The summed E-state index contributed by atoms with van der Waals surface area (Å²) < 4.78 is 5.74. The Hall–Kier alpha value is -0.670. The molecule has 0 aromatic rings. The molecule has 1 heterocycles. The highest BCUT2D eigenvalue weighted by atomic mass is 33.1. The number of nitrogens with zero attached hydrogens (tertiary/aromatic N) is 4. The summed E-state index contributed by atoms with van der Waals surface area (Å²) in [4.78, 5) is 22.5. The van der Waals surface area contributed by atoms with Crippen molar-refractivity contribution in [3.05, 3.63) is 24.3 Å². The molecule has 4 atom stereocenters. The SMILES string of the molecule is CCCCCCCC/C=C\CCCCCCC(O)CN(CCCCCSSCCCCCN1CCN(CCOC(=O)CCCN(CC(O)CCCCCCCCCC)CC(O)CCCCCCCCCC)CC1)CC(O)CCCCCC/C=C\CCCCCCCC.